The number of esters is 2. The lowest BCUT2D eigenvalue weighted by Gasteiger charge is -2.29. The van der Waals surface area contributed by atoms with E-state index in [1.54, 1.807) is 0 Å². The van der Waals surface area contributed by atoms with E-state index < -0.39 is 29.1 Å². The molecule has 1 aliphatic rings. The van der Waals surface area contributed by atoms with Crippen molar-refractivity contribution >= 4 is 29.2 Å². The largest absolute Gasteiger partial charge is 0.419 e. The molecule has 23 heavy (non-hydrogen) atoms. The van der Waals surface area contributed by atoms with E-state index in [4.69, 9.17) is 9.47 Å². The number of halogens is 1. The lowest BCUT2D eigenvalue weighted by atomic mass is 10.2. The fourth-order valence-electron chi connectivity index (χ4n) is 1.85. The van der Waals surface area contributed by atoms with Crippen LogP contribution < -0.4 is 10.6 Å². The summed E-state index contributed by atoms with van der Waals surface area (Å²) in [6.07, 6.45) is 0.996. The third kappa shape index (κ3) is 4.06. The van der Waals surface area contributed by atoms with Gasteiger partial charge in [-0.2, -0.15) is 0 Å². The maximum Gasteiger partial charge on any atom is 0.350 e. The zero-order chi connectivity index (χ0) is 17.2. The zero-order valence-corrected chi connectivity index (χ0v) is 12.7. The van der Waals surface area contributed by atoms with E-state index >= 15 is 0 Å². The van der Waals surface area contributed by atoms with E-state index in [-0.39, 0.29) is 11.6 Å². The zero-order valence-electron chi connectivity index (χ0n) is 12.7. The van der Waals surface area contributed by atoms with Crippen LogP contribution in [0.2, 0.25) is 0 Å². The average molecular weight is 322 g/mol. The van der Waals surface area contributed by atoms with E-state index in [0.29, 0.717) is 5.69 Å². The van der Waals surface area contributed by atoms with Crippen LogP contribution in [0.4, 0.5) is 15.8 Å². The van der Waals surface area contributed by atoms with Crippen molar-refractivity contribution in [3.05, 3.63) is 35.8 Å². The number of anilines is 2. The Morgan fingerprint density at radius 1 is 1.22 bits per heavy atom. The fourth-order valence-corrected chi connectivity index (χ4v) is 1.85. The van der Waals surface area contributed by atoms with E-state index in [2.05, 4.69) is 10.6 Å². The second-order valence-electron chi connectivity index (χ2n) is 5.26. The van der Waals surface area contributed by atoms with Crippen LogP contribution in [-0.4, -0.2) is 23.6 Å². The minimum atomic E-state index is -1.35. The average Bonchev–Trinajstić information content (AvgIpc) is 2.39. The molecule has 0 spiro atoms. The van der Waals surface area contributed by atoms with E-state index in [0.717, 1.165) is 12.3 Å². The van der Waals surface area contributed by atoms with Crippen LogP contribution in [0, 0.1) is 5.82 Å². The number of cyclic esters (lactones) is 2. The molecule has 2 rings (SSSR count). The molecule has 0 atom stereocenters. The lowest BCUT2D eigenvalue weighted by Crippen LogP contribution is -2.42. The Kier molecular flexibility index (Phi) is 4.35. The second kappa shape index (κ2) is 6.07. The number of ether oxygens (including phenoxy) is 2. The number of benzene rings is 1. The van der Waals surface area contributed by atoms with Gasteiger partial charge in [-0.05, 0) is 18.2 Å². The smallest absolute Gasteiger partial charge is 0.350 e. The topological polar surface area (TPSA) is 93.7 Å². The molecule has 1 aliphatic heterocycles. The summed E-state index contributed by atoms with van der Waals surface area (Å²) in [4.78, 5) is 34.5. The van der Waals surface area contributed by atoms with Crippen molar-refractivity contribution in [3.63, 3.8) is 0 Å². The minimum absolute atomic E-state index is 0.0332. The predicted octanol–water partition coefficient (Wildman–Crippen LogP) is 1.92. The van der Waals surface area contributed by atoms with Crippen molar-refractivity contribution in [2.75, 3.05) is 10.6 Å². The molecule has 0 unspecified atom stereocenters. The number of hydrogen-bond donors (Lipinski definition) is 2. The maximum atomic E-state index is 13.7. The van der Waals surface area contributed by atoms with Gasteiger partial charge >= 0.3 is 11.9 Å². The molecule has 1 amide bonds. The van der Waals surface area contributed by atoms with Crippen LogP contribution in [0.15, 0.2) is 30.0 Å². The monoisotopic (exact) mass is 322 g/mol. The van der Waals surface area contributed by atoms with Crippen molar-refractivity contribution < 1.29 is 28.2 Å². The van der Waals surface area contributed by atoms with Crippen LogP contribution in [0.1, 0.15) is 20.8 Å². The molecule has 1 fully saturated rings. The number of carbonyl (C=O) groups excluding carboxylic acids is 3. The summed E-state index contributed by atoms with van der Waals surface area (Å²) < 4.78 is 23.6. The van der Waals surface area contributed by atoms with Crippen molar-refractivity contribution in [1.82, 2.24) is 0 Å². The standard InChI is InChI=1S/C15H15FN2O5/c1-8(19)18-9-4-5-11(16)12(6-9)17-7-10-13(20)22-15(2,3)23-14(10)21/h4-7,17H,1-3H3,(H,18,19). The highest BCUT2D eigenvalue weighted by Crippen LogP contribution is 2.24. The van der Waals surface area contributed by atoms with Gasteiger partial charge in [0, 0.05) is 32.7 Å². The molecule has 0 aromatic heterocycles. The SMILES string of the molecule is CC(=O)Nc1ccc(F)c(NC=C2C(=O)OC(C)(C)OC2=O)c1. The molecule has 1 aromatic rings. The highest BCUT2D eigenvalue weighted by atomic mass is 19.1. The number of amides is 1. The number of nitrogens with one attached hydrogen (secondary N) is 2. The Bertz CT molecular complexity index is 690. The van der Waals surface area contributed by atoms with Gasteiger partial charge in [0.2, 0.25) is 5.91 Å². The van der Waals surface area contributed by atoms with Crippen LogP contribution in [0.5, 0.6) is 0 Å². The molecule has 1 saturated heterocycles. The molecule has 7 nitrogen and oxygen atoms in total. The molecule has 0 bridgehead atoms. The highest BCUT2D eigenvalue weighted by molar-refractivity contribution is 6.15. The quantitative estimate of drug-likeness (QED) is 0.502. The first-order chi connectivity index (χ1) is 10.7. The van der Waals surface area contributed by atoms with Crippen molar-refractivity contribution in [1.29, 1.82) is 0 Å². The Morgan fingerprint density at radius 2 is 1.83 bits per heavy atom. The van der Waals surface area contributed by atoms with Gasteiger partial charge in [0.15, 0.2) is 5.57 Å². The first-order valence-corrected chi connectivity index (χ1v) is 6.68. The molecule has 8 heteroatoms. The van der Waals surface area contributed by atoms with Gasteiger partial charge in [-0.1, -0.05) is 0 Å². The van der Waals surface area contributed by atoms with Gasteiger partial charge in [0.05, 0.1) is 5.69 Å². The highest BCUT2D eigenvalue weighted by Gasteiger charge is 2.38. The predicted molar refractivity (Wildman–Crippen MR) is 78.7 cm³/mol. The normalized spacial score (nSPS) is 16.3. The van der Waals surface area contributed by atoms with Crippen LogP contribution in [-0.2, 0) is 23.9 Å². The fraction of sp³-hybridized carbons (Fsp3) is 0.267. The Morgan fingerprint density at radius 3 is 2.39 bits per heavy atom. The summed E-state index contributed by atoms with van der Waals surface area (Å²) >= 11 is 0. The van der Waals surface area contributed by atoms with Gasteiger partial charge in [0.25, 0.3) is 5.79 Å². The van der Waals surface area contributed by atoms with E-state index in [1.807, 2.05) is 0 Å². The summed E-state index contributed by atoms with van der Waals surface area (Å²) in [7, 11) is 0. The Balaban J connectivity index is 2.21. The lowest BCUT2D eigenvalue weighted by molar-refractivity contribution is -0.222. The first-order valence-electron chi connectivity index (χ1n) is 6.68. The summed E-state index contributed by atoms with van der Waals surface area (Å²) in [5.41, 5.74) is -0.0717. The van der Waals surface area contributed by atoms with Crippen LogP contribution in [0.25, 0.3) is 0 Å². The van der Waals surface area contributed by atoms with Crippen molar-refractivity contribution in [2.45, 2.75) is 26.6 Å². The first kappa shape index (κ1) is 16.5. The molecule has 1 aromatic carbocycles. The minimum Gasteiger partial charge on any atom is -0.419 e. The number of rotatable bonds is 3. The number of hydrogen-bond acceptors (Lipinski definition) is 6. The molecule has 2 N–H and O–H groups in total. The van der Waals surface area contributed by atoms with Crippen molar-refractivity contribution in [3.8, 4) is 0 Å². The van der Waals surface area contributed by atoms with Gasteiger partial charge in [-0.3, -0.25) is 4.79 Å². The third-order valence-corrected chi connectivity index (χ3v) is 2.78. The summed E-state index contributed by atoms with van der Waals surface area (Å²) in [6, 6.07) is 3.82. The second-order valence-corrected chi connectivity index (χ2v) is 5.26. The molecule has 0 saturated carbocycles. The molecule has 0 aliphatic carbocycles. The third-order valence-electron chi connectivity index (χ3n) is 2.78. The molecule has 122 valence electrons. The van der Waals surface area contributed by atoms with Gasteiger partial charge in [-0.25, -0.2) is 14.0 Å². The summed E-state index contributed by atoms with van der Waals surface area (Å²) in [6.45, 7) is 4.15. The van der Waals surface area contributed by atoms with Crippen LogP contribution in [0.3, 0.4) is 0 Å². The van der Waals surface area contributed by atoms with Crippen LogP contribution >= 0.6 is 0 Å². The Labute approximate surface area is 131 Å². The molecule has 1 heterocycles. The summed E-state index contributed by atoms with van der Waals surface area (Å²) in [5.74, 6) is -4.05. The van der Waals surface area contributed by atoms with Gasteiger partial charge in [-0.15, -0.1) is 0 Å². The molecular weight excluding hydrogens is 307 g/mol. The maximum absolute atomic E-state index is 13.7. The van der Waals surface area contributed by atoms with Crippen molar-refractivity contribution in [2.24, 2.45) is 0 Å². The Hall–Kier alpha value is -2.90. The van der Waals surface area contributed by atoms with Gasteiger partial charge < -0.3 is 20.1 Å². The van der Waals surface area contributed by atoms with E-state index in [9.17, 15) is 18.8 Å². The number of carbonyl (C=O) groups is 3. The summed E-state index contributed by atoms with van der Waals surface area (Å²) in [5, 5.41) is 4.98. The molecular formula is C15H15FN2O5. The molecule has 0 radical (unpaired) electrons. The van der Waals surface area contributed by atoms with E-state index in [1.165, 1.54) is 32.9 Å². The van der Waals surface area contributed by atoms with Gasteiger partial charge in [0.1, 0.15) is 5.82 Å².